The van der Waals surface area contributed by atoms with Gasteiger partial charge >= 0.3 is 0 Å². The minimum Gasteiger partial charge on any atom is -0.338 e. The summed E-state index contributed by atoms with van der Waals surface area (Å²) in [6.45, 7) is 1.40. The highest BCUT2D eigenvalue weighted by atomic mass is 35.5. The maximum atomic E-state index is 12.6. The van der Waals surface area contributed by atoms with Crippen molar-refractivity contribution in [3.8, 4) is 11.3 Å². The molecule has 2 aromatic rings. The average Bonchev–Trinajstić information content (AvgIpc) is 2.97. The predicted molar refractivity (Wildman–Crippen MR) is 82.1 cm³/mol. The number of rotatable bonds is 2. The van der Waals surface area contributed by atoms with Gasteiger partial charge in [-0.3, -0.25) is 9.89 Å². The van der Waals surface area contributed by atoms with Crippen LogP contribution in [0, 0.1) is 0 Å². The number of carbonyl (C=O) groups is 1. The molecule has 1 aromatic carbocycles. The number of amides is 1. The van der Waals surface area contributed by atoms with E-state index in [1.807, 2.05) is 17.0 Å². The molecule has 1 saturated heterocycles. The summed E-state index contributed by atoms with van der Waals surface area (Å²) in [5.74, 6) is 0.000556. The summed E-state index contributed by atoms with van der Waals surface area (Å²) in [6.07, 6.45) is 3.28. The lowest BCUT2D eigenvalue weighted by Gasteiger charge is -2.30. The van der Waals surface area contributed by atoms with E-state index in [2.05, 4.69) is 10.2 Å². The monoisotopic (exact) mass is 304 g/mol. The second-order valence-corrected chi connectivity index (χ2v) is 5.73. The van der Waals surface area contributed by atoms with Crippen molar-refractivity contribution in [3.05, 3.63) is 41.0 Å². The Kier molecular flexibility index (Phi) is 3.94. The number of benzene rings is 1. The summed E-state index contributed by atoms with van der Waals surface area (Å²) in [6, 6.07) is 7.55. The molecule has 0 bridgehead atoms. The van der Waals surface area contributed by atoms with Crippen molar-refractivity contribution in [2.75, 3.05) is 13.1 Å². The van der Waals surface area contributed by atoms with Crippen molar-refractivity contribution in [1.82, 2.24) is 15.1 Å². The van der Waals surface area contributed by atoms with Gasteiger partial charge in [-0.05, 0) is 25.0 Å². The minimum atomic E-state index is 0.000556. The number of hydrogen-bond donors (Lipinski definition) is 2. The van der Waals surface area contributed by atoms with Gasteiger partial charge < -0.3 is 10.6 Å². The van der Waals surface area contributed by atoms with E-state index in [1.54, 1.807) is 18.3 Å². The van der Waals surface area contributed by atoms with E-state index in [-0.39, 0.29) is 11.9 Å². The van der Waals surface area contributed by atoms with Crippen LogP contribution in [0.3, 0.4) is 0 Å². The van der Waals surface area contributed by atoms with Gasteiger partial charge in [0, 0.05) is 29.7 Å². The highest BCUT2D eigenvalue weighted by Crippen LogP contribution is 2.24. The number of nitrogens with two attached hydrogens (primary N) is 1. The van der Waals surface area contributed by atoms with Crippen LogP contribution >= 0.6 is 11.6 Å². The van der Waals surface area contributed by atoms with E-state index in [4.69, 9.17) is 17.3 Å². The summed E-state index contributed by atoms with van der Waals surface area (Å²) >= 11 is 5.90. The van der Waals surface area contributed by atoms with Crippen LogP contribution in [0.1, 0.15) is 23.2 Å². The predicted octanol–water partition coefficient (Wildman–Crippen LogP) is 2.29. The zero-order valence-electron chi connectivity index (χ0n) is 11.6. The lowest BCUT2D eigenvalue weighted by Crippen LogP contribution is -2.42. The van der Waals surface area contributed by atoms with Gasteiger partial charge in [0.2, 0.25) is 0 Å². The van der Waals surface area contributed by atoms with Crippen molar-refractivity contribution < 1.29 is 4.79 Å². The van der Waals surface area contributed by atoms with Crippen LogP contribution in [0.4, 0.5) is 0 Å². The highest BCUT2D eigenvalue weighted by Gasteiger charge is 2.24. The Morgan fingerprint density at radius 2 is 1.95 bits per heavy atom. The number of likely N-dealkylation sites (tertiary alicyclic amines) is 1. The summed E-state index contributed by atoms with van der Waals surface area (Å²) in [5, 5.41) is 7.59. The molecule has 0 unspecified atom stereocenters. The molecule has 0 radical (unpaired) electrons. The molecule has 2 heterocycles. The van der Waals surface area contributed by atoms with Gasteiger partial charge in [-0.15, -0.1) is 0 Å². The SMILES string of the molecule is NC1CCN(C(=O)c2cn[nH]c2-c2ccc(Cl)cc2)CC1. The third kappa shape index (κ3) is 2.94. The Hall–Kier alpha value is -1.85. The number of carbonyl (C=O) groups excluding carboxylic acids is 1. The normalized spacial score (nSPS) is 16.2. The molecule has 0 aliphatic carbocycles. The fourth-order valence-corrected chi connectivity index (χ4v) is 2.68. The van der Waals surface area contributed by atoms with E-state index < -0.39 is 0 Å². The zero-order chi connectivity index (χ0) is 14.8. The van der Waals surface area contributed by atoms with Crippen molar-refractivity contribution in [3.63, 3.8) is 0 Å². The van der Waals surface area contributed by atoms with E-state index >= 15 is 0 Å². The molecule has 1 aliphatic rings. The smallest absolute Gasteiger partial charge is 0.257 e. The first-order valence-corrected chi connectivity index (χ1v) is 7.37. The Labute approximate surface area is 128 Å². The molecule has 0 saturated carbocycles. The van der Waals surface area contributed by atoms with E-state index in [0.29, 0.717) is 23.7 Å². The van der Waals surface area contributed by atoms with Crippen molar-refractivity contribution in [2.45, 2.75) is 18.9 Å². The second kappa shape index (κ2) is 5.87. The third-order valence-corrected chi connectivity index (χ3v) is 4.08. The largest absolute Gasteiger partial charge is 0.338 e. The topological polar surface area (TPSA) is 75.0 Å². The fraction of sp³-hybridized carbons (Fsp3) is 0.333. The fourth-order valence-electron chi connectivity index (χ4n) is 2.56. The van der Waals surface area contributed by atoms with Crippen LogP contribution < -0.4 is 5.73 Å². The van der Waals surface area contributed by atoms with Crippen LogP contribution in [0.25, 0.3) is 11.3 Å². The number of aromatic amines is 1. The summed E-state index contributed by atoms with van der Waals surface area (Å²) in [5.41, 5.74) is 8.10. The first-order valence-electron chi connectivity index (χ1n) is 6.99. The van der Waals surface area contributed by atoms with Crippen molar-refractivity contribution in [2.24, 2.45) is 5.73 Å². The average molecular weight is 305 g/mol. The van der Waals surface area contributed by atoms with Gasteiger partial charge in [0.25, 0.3) is 5.91 Å². The highest BCUT2D eigenvalue weighted by molar-refractivity contribution is 6.30. The molecule has 110 valence electrons. The maximum absolute atomic E-state index is 12.6. The number of aromatic nitrogens is 2. The maximum Gasteiger partial charge on any atom is 0.257 e. The standard InChI is InChI=1S/C15H17ClN4O/c16-11-3-1-10(2-4-11)14-13(9-18-19-14)15(21)20-7-5-12(17)6-8-20/h1-4,9,12H,5-8,17H2,(H,18,19). The van der Waals surface area contributed by atoms with Gasteiger partial charge in [0.1, 0.15) is 0 Å². The lowest BCUT2D eigenvalue weighted by atomic mass is 10.0. The van der Waals surface area contributed by atoms with E-state index in [0.717, 1.165) is 24.1 Å². The molecule has 6 heteroatoms. The summed E-state index contributed by atoms with van der Waals surface area (Å²) in [4.78, 5) is 14.5. The number of halogens is 1. The van der Waals surface area contributed by atoms with Crippen molar-refractivity contribution >= 4 is 17.5 Å². The Balaban J connectivity index is 1.85. The molecule has 1 aliphatic heterocycles. The number of nitrogens with one attached hydrogen (secondary N) is 1. The molecule has 1 aromatic heterocycles. The van der Waals surface area contributed by atoms with Crippen LogP contribution in [0.2, 0.25) is 5.02 Å². The molecule has 0 spiro atoms. The number of piperidine rings is 1. The lowest BCUT2D eigenvalue weighted by molar-refractivity contribution is 0.0715. The Bertz CT molecular complexity index is 629. The first-order chi connectivity index (χ1) is 10.1. The van der Waals surface area contributed by atoms with Crippen LogP contribution in [0.5, 0.6) is 0 Å². The third-order valence-electron chi connectivity index (χ3n) is 3.83. The summed E-state index contributed by atoms with van der Waals surface area (Å²) in [7, 11) is 0. The Morgan fingerprint density at radius 1 is 1.29 bits per heavy atom. The first kappa shape index (κ1) is 14.1. The molecule has 0 atom stereocenters. The molecular formula is C15H17ClN4O. The zero-order valence-corrected chi connectivity index (χ0v) is 12.3. The molecule has 1 amide bonds. The second-order valence-electron chi connectivity index (χ2n) is 5.30. The van der Waals surface area contributed by atoms with Gasteiger partial charge in [-0.1, -0.05) is 23.7 Å². The van der Waals surface area contributed by atoms with Gasteiger partial charge in [0.15, 0.2) is 0 Å². The van der Waals surface area contributed by atoms with Crippen LogP contribution in [0.15, 0.2) is 30.5 Å². The molecule has 3 N–H and O–H groups in total. The van der Waals surface area contributed by atoms with Gasteiger partial charge in [-0.2, -0.15) is 5.10 Å². The van der Waals surface area contributed by atoms with Gasteiger partial charge in [0.05, 0.1) is 17.5 Å². The number of nitrogens with zero attached hydrogens (tertiary/aromatic N) is 2. The molecular weight excluding hydrogens is 288 g/mol. The summed E-state index contributed by atoms with van der Waals surface area (Å²) < 4.78 is 0. The molecule has 1 fully saturated rings. The number of H-pyrrole nitrogens is 1. The van der Waals surface area contributed by atoms with E-state index in [1.165, 1.54) is 0 Å². The molecule has 3 rings (SSSR count). The van der Waals surface area contributed by atoms with Crippen LogP contribution in [-0.2, 0) is 0 Å². The van der Waals surface area contributed by atoms with Gasteiger partial charge in [-0.25, -0.2) is 0 Å². The number of hydrogen-bond acceptors (Lipinski definition) is 3. The van der Waals surface area contributed by atoms with Crippen molar-refractivity contribution in [1.29, 1.82) is 0 Å². The van der Waals surface area contributed by atoms with E-state index in [9.17, 15) is 4.79 Å². The minimum absolute atomic E-state index is 0.000556. The molecule has 21 heavy (non-hydrogen) atoms. The quantitative estimate of drug-likeness (QED) is 0.894. The molecule has 5 nitrogen and oxygen atoms in total. The van der Waals surface area contributed by atoms with Crippen LogP contribution in [-0.4, -0.2) is 40.1 Å². The Morgan fingerprint density at radius 3 is 2.62 bits per heavy atom.